The maximum atomic E-state index is 5.11. The van der Waals surface area contributed by atoms with E-state index in [2.05, 4.69) is 20.9 Å². The van der Waals surface area contributed by atoms with Gasteiger partial charge in [0, 0.05) is 10.9 Å². The number of oxazole rings is 1. The molecule has 56 valence electrons. The van der Waals surface area contributed by atoms with Gasteiger partial charge in [-0.3, -0.25) is 0 Å². The highest BCUT2D eigenvalue weighted by Gasteiger charge is 2.03. The molecule has 0 aliphatic rings. The van der Waals surface area contributed by atoms with Crippen molar-refractivity contribution in [2.24, 2.45) is 0 Å². The van der Waals surface area contributed by atoms with Crippen LogP contribution in [0.1, 0.15) is 0 Å². The Kier molecular flexibility index (Phi) is 1.79. The maximum absolute atomic E-state index is 5.11. The second-order valence-electron chi connectivity index (χ2n) is 1.98. The summed E-state index contributed by atoms with van der Waals surface area (Å²) >= 11 is 4.99. The van der Waals surface area contributed by atoms with Crippen LogP contribution in [-0.4, -0.2) is 4.98 Å². The van der Waals surface area contributed by atoms with Crippen molar-refractivity contribution in [1.82, 2.24) is 4.98 Å². The first-order valence-electron chi connectivity index (χ1n) is 3.00. The van der Waals surface area contributed by atoms with Crippen LogP contribution in [0.25, 0.3) is 11.5 Å². The zero-order chi connectivity index (χ0) is 7.68. The lowest BCUT2D eigenvalue weighted by atomic mass is 10.3. The zero-order valence-corrected chi connectivity index (χ0v) is 7.85. The number of aromatic nitrogens is 1. The summed E-state index contributed by atoms with van der Waals surface area (Å²) in [5.41, 5.74) is 1.02. The molecule has 0 radical (unpaired) electrons. The van der Waals surface area contributed by atoms with Crippen molar-refractivity contribution in [1.29, 1.82) is 0 Å². The molecule has 2 rings (SSSR count). The summed E-state index contributed by atoms with van der Waals surface area (Å²) < 4.78 is 6.20. The van der Waals surface area contributed by atoms with Crippen LogP contribution in [0, 0.1) is 0 Å². The van der Waals surface area contributed by atoms with Gasteiger partial charge in [-0.05, 0) is 22.0 Å². The van der Waals surface area contributed by atoms with E-state index in [-0.39, 0.29) is 0 Å². The van der Waals surface area contributed by atoms with E-state index in [1.165, 1.54) is 0 Å². The number of nitrogens with zero attached hydrogens (tertiary/aromatic N) is 1. The Morgan fingerprint density at radius 1 is 1.55 bits per heavy atom. The first-order chi connectivity index (χ1) is 5.36. The van der Waals surface area contributed by atoms with Crippen molar-refractivity contribution in [2.45, 2.75) is 0 Å². The van der Waals surface area contributed by atoms with Gasteiger partial charge in [0.25, 0.3) is 0 Å². The van der Waals surface area contributed by atoms with E-state index in [1.54, 1.807) is 23.8 Å². The molecule has 0 atom stereocenters. The van der Waals surface area contributed by atoms with Crippen LogP contribution in [0.3, 0.4) is 0 Å². The Morgan fingerprint density at radius 3 is 3.00 bits per heavy atom. The Labute approximate surface area is 76.0 Å². The molecule has 0 N–H and O–H groups in total. The third kappa shape index (κ3) is 1.36. The number of thiophene rings is 1. The van der Waals surface area contributed by atoms with E-state index in [9.17, 15) is 0 Å². The van der Waals surface area contributed by atoms with E-state index >= 15 is 0 Å². The van der Waals surface area contributed by atoms with Crippen LogP contribution in [0.4, 0.5) is 0 Å². The van der Waals surface area contributed by atoms with Gasteiger partial charge in [-0.1, -0.05) is 0 Å². The van der Waals surface area contributed by atoms with Gasteiger partial charge in [-0.25, -0.2) is 4.98 Å². The molecule has 0 fully saturated rings. The molecular weight excluding hydrogens is 226 g/mol. The van der Waals surface area contributed by atoms with Crippen LogP contribution in [-0.2, 0) is 0 Å². The summed E-state index contributed by atoms with van der Waals surface area (Å²) in [6.07, 6.45) is 3.21. The number of halogens is 1. The Balaban J connectivity index is 2.45. The highest BCUT2D eigenvalue weighted by atomic mass is 79.9. The summed E-state index contributed by atoms with van der Waals surface area (Å²) in [7, 11) is 0. The Bertz CT molecular complexity index is 341. The minimum absolute atomic E-state index is 0.673. The summed E-state index contributed by atoms with van der Waals surface area (Å²) in [6.45, 7) is 0. The molecular formula is C7H4BrNOS. The molecule has 0 saturated carbocycles. The summed E-state index contributed by atoms with van der Waals surface area (Å²) in [5.74, 6) is 0.673. The van der Waals surface area contributed by atoms with Gasteiger partial charge in [0.2, 0.25) is 5.89 Å². The van der Waals surface area contributed by atoms with Crippen LogP contribution in [0.5, 0.6) is 0 Å². The highest BCUT2D eigenvalue weighted by Crippen LogP contribution is 2.27. The van der Waals surface area contributed by atoms with Crippen LogP contribution >= 0.6 is 27.3 Å². The minimum atomic E-state index is 0.673. The van der Waals surface area contributed by atoms with Crippen molar-refractivity contribution in [2.75, 3.05) is 0 Å². The Morgan fingerprint density at radius 2 is 2.45 bits per heavy atom. The first kappa shape index (κ1) is 7.06. The van der Waals surface area contributed by atoms with Crippen molar-refractivity contribution >= 4 is 27.3 Å². The summed E-state index contributed by atoms with van der Waals surface area (Å²) in [5, 5.41) is 2.00. The van der Waals surface area contributed by atoms with Gasteiger partial charge in [0.05, 0.1) is 9.98 Å². The van der Waals surface area contributed by atoms with Crippen molar-refractivity contribution in [3.05, 3.63) is 27.7 Å². The first-order valence-corrected chi connectivity index (χ1v) is 4.67. The van der Waals surface area contributed by atoms with E-state index in [4.69, 9.17) is 4.42 Å². The smallest absolute Gasteiger partial charge is 0.226 e. The average Bonchev–Trinajstić information content (AvgIpc) is 2.55. The lowest BCUT2D eigenvalue weighted by Crippen LogP contribution is -1.68. The maximum Gasteiger partial charge on any atom is 0.226 e. The molecule has 0 aliphatic carbocycles. The van der Waals surface area contributed by atoms with E-state index in [0.717, 1.165) is 9.35 Å². The quantitative estimate of drug-likeness (QED) is 0.751. The Hall–Kier alpha value is -0.610. The van der Waals surface area contributed by atoms with Gasteiger partial charge in [0.1, 0.15) is 6.26 Å². The molecule has 2 aromatic rings. The second-order valence-corrected chi connectivity index (χ2v) is 4.27. The molecule has 0 aromatic carbocycles. The summed E-state index contributed by atoms with van der Waals surface area (Å²) in [4.78, 5) is 4.02. The predicted molar refractivity (Wildman–Crippen MR) is 47.5 cm³/mol. The molecule has 0 spiro atoms. The third-order valence-corrected chi connectivity index (χ3v) is 2.75. The van der Waals surface area contributed by atoms with Gasteiger partial charge in [0.15, 0.2) is 0 Å². The topological polar surface area (TPSA) is 26.0 Å². The van der Waals surface area contributed by atoms with E-state index in [1.807, 2.05) is 11.4 Å². The molecule has 2 heterocycles. The molecule has 0 bridgehead atoms. The monoisotopic (exact) mass is 229 g/mol. The van der Waals surface area contributed by atoms with Crippen LogP contribution in [0.15, 0.2) is 32.1 Å². The van der Waals surface area contributed by atoms with Gasteiger partial charge in [-0.15, -0.1) is 11.3 Å². The fraction of sp³-hybridized carbons (Fsp3) is 0. The predicted octanol–water partition coefficient (Wildman–Crippen LogP) is 3.17. The molecule has 11 heavy (non-hydrogen) atoms. The molecule has 0 aliphatic heterocycles. The zero-order valence-electron chi connectivity index (χ0n) is 5.45. The summed E-state index contributed by atoms with van der Waals surface area (Å²) in [6, 6.07) is 1.98. The van der Waals surface area contributed by atoms with Crippen molar-refractivity contribution in [3.63, 3.8) is 0 Å². The highest BCUT2D eigenvalue weighted by molar-refractivity contribution is 9.11. The number of hydrogen-bond donors (Lipinski definition) is 0. The minimum Gasteiger partial charge on any atom is -0.445 e. The third-order valence-electron chi connectivity index (χ3n) is 1.25. The number of rotatable bonds is 1. The van der Waals surface area contributed by atoms with Crippen LogP contribution in [0.2, 0.25) is 0 Å². The molecule has 2 nitrogen and oxygen atoms in total. The fourth-order valence-electron chi connectivity index (χ4n) is 0.788. The molecule has 0 saturated heterocycles. The average molecular weight is 230 g/mol. The van der Waals surface area contributed by atoms with Gasteiger partial charge < -0.3 is 4.42 Å². The second kappa shape index (κ2) is 2.79. The van der Waals surface area contributed by atoms with Crippen molar-refractivity contribution < 1.29 is 4.42 Å². The lowest BCUT2D eigenvalue weighted by Gasteiger charge is -1.83. The largest absolute Gasteiger partial charge is 0.445 e. The van der Waals surface area contributed by atoms with E-state index in [0.29, 0.717) is 5.89 Å². The van der Waals surface area contributed by atoms with Crippen LogP contribution < -0.4 is 0 Å². The van der Waals surface area contributed by atoms with Crippen molar-refractivity contribution in [3.8, 4) is 11.5 Å². The van der Waals surface area contributed by atoms with Gasteiger partial charge in [-0.2, -0.15) is 0 Å². The SMILES string of the molecule is Brc1cc(-c2ncco2)cs1. The molecule has 0 amide bonds. The molecule has 4 heteroatoms. The normalized spacial score (nSPS) is 10.3. The standard InChI is InChI=1S/C7H4BrNOS/c8-6-3-5(4-11-6)7-9-1-2-10-7/h1-4H. The molecule has 2 aromatic heterocycles. The number of hydrogen-bond acceptors (Lipinski definition) is 3. The molecule has 0 unspecified atom stereocenters. The lowest BCUT2D eigenvalue weighted by molar-refractivity contribution is 0.575. The fourth-order valence-corrected chi connectivity index (χ4v) is 1.92. The van der Waals surface area contributed by atoms with E-state index < -0.39 is 0 Å². The van der Waals surface area contributed by atoms with Gasteiger partial charge >= 0.3 is 0 Å².